The molecule has 0 radical (unpaired) electrons. The molecule has 0 amide bonds. The van der Waals surface area contributed by atoms with Crippen molar-refractivity contribution in [3.63, 3.8) is 0 Å². The minimum Gasteiger partial charge on any atom is -0.493 e. The molecule has 0 unspecified atom stereocenters. The largest absolute Gasteiger partial charge is 0.493 e. The van der Waals surface area contributed by atoms with Crippen LogP contribution in [0.3, 0.4) is 0 Å². The van der Waals surface area contributed by atoms with Crippen molar-refractivity contribution in [2.24, 2.45) is 0 Å². The second-order valence-electron chi connectivity index (χ2n) is 7.71. The van der Waals surface area contributed by atoms with Gasteiger partial charge in [0.25, 0.3) is 0 Å². The Bertz CT molecular complexity index is 1130. The zero-order valence-electron chi connectivity index (χ0n) is 16.8. The normalized spacial score (nSPS) is 19.8. The zero-order chi connectivity index (χ0) is 20.3. The summed E-state index contributed by atoms with van der Waals surface area (Å²) in [5, 5.41) is 0.830. The smallest absolute Gasteiger partial charge is 0.178 e. The van der Waals surface area contributed by atoms with E-state index in [1.807, 2.05) is 18.2 Å². The molecule has 2 atom stereocenters. The molecule has 6 heteroatoms. The molecule has 5 rings (SSSR count). The van der Waals surface area contributed by atoms with E-state index in [0.717, 1.165) is 22.3 Å². The number of carbonyl (C=O) groups excluding carboxylic acids is 1. The number of Topliss-reactive ketones (excluding diaryl/α,β-unsaturated/α-hetero) is 1. The Morgan fingerprint density at radius 3 is 2.55 bits per heavy atom. The molecule has 1 aromatic heterocycles. The lowest BCUT2D eigenvalue weighted by molar-refractivity contribution is 0.0566. The quantitative estimate of drug-likeness (QED) is 0.642. The first kappa shape index (κ1) is 17.9. The van der Waals surface area contributed by atoms with Crippen molar-refractivity contribution in [2.75, 3.05) is 20.8 Å². The van der Waals surface area contributed by atoms with E-state index in [4.69, 9.17) is 23.4 Å². The van der Waals surface area contributed by atoms with E-state index in [0.29, 0.717) is 28.6 Å². The molecule has 0 bridgehead atoms. The van der Waals surface area contributed by atoms with Gasteiger partial charge in [0.1, 0.15) is 35.6 Å². The monoisotopic (exact) mass is 394 g/mol. The fourth-order valence-corrected chi connectivity index (χ4v) is 4.15. The molecule has 2 aromatic carbocycles. The summed E-state index contributed by atoms with van der Waals surface area (Å²) >= 11 is 0. The molecular formula is C23H22O6. The van der Waals surface area contributed by atoms with Gasteiger partial charge < -0.3 is 23.4 Å². The standard InChI is InChI=1S/C23H22O6/c1-11(2)16-8-14-15(28-16)6-5-12-22(24)21-13-7-18(25-3)19(26-4)9-17(13)27-10-20(21)29-23(12)14/h5-9,11,20-21H,10H2,1-4H3/t20-,21-/m0/s1. The lowest BCUT2D eigenvalue weighted by Crippen LogP contribution is -2.43. The fourth-order valence-electron chi connectivity index (χ4n) is 4.15. The highest BCUT2D eigenvalue weighted by atomic mass is 16.5. The van der Waals surface area contributed by atoms with Gasteiger partial charge in [-0.05, 0) is 24.3 Å². The molecule has 0 N–H and O–H groups in total. The number of ether oxygens (including phenoxy) is 4. The van der Waals surface area contributed by atoms with Crippen molar-refractivity contribution in [1.29, 1.82) is 0 Å². The van der Waals surface area contributed by atoms with Crippen molar-refractivity contribution in [2.45, 2.75) is 31.8 Å². The summed E-state index contributed by atoms with van der Waals surface area (Å²) < 4.78 is 28.9. The number of hydrogen-bond donors (Lipinski definition) is 0. The summed E-state index contributed by atoms with van der Waals surface area (Å²) in [6, 6.07) is 9.18. The van der Waals surface area contributed by atoms with Crippen LogP contribution in [0, 0.1) is 0 Å². The molecule has 0 fully saturated rings. The Balaban J connectivity index is 1.64. The van der Waals surface area contributed by atoms with Gasteiger partial charge in [0.2, 0.25) is 0 Å². The molecule has 2 aliphatic rings. The van der Waals surface area contributed by atoms with Gasteiger partial charge in [0.15, 0.2) is 17.3 Å². The lowest BCUT2D eigenvalue weighted by atomic mass is 9.81. The van der Waals surface area contributed by atoms with E-state index in [1.54, 1.807) is 26.4 Å². The van der Waals surface area contributed by atoms with Crippen LogP contribution in [-0.2, 0) is 0 Å². The van der Waals surface area contributed by atoms with Crippen molar-refractivity contribution < 1.29 is 28.2 Å². The predicted molar refractivity (Wildman–Crippen MR) is 107 cm³/mol. The third-order valence-corrected chi connectivity index (χ3v) is 5.68. The maximum absolute atomic E-state index is 13.5. The van der Waals surface area contributed by atoms with Crippen LogP contribution in [0.4, 0.5) is 0 Å². The van der Waals surface area contributed by atoms with Gasteiger partial charge in [-0.1, -0.05) is 13.8 Å². The Hall–Kier alpha value is -3.15. The number of carbonyl (C=O) groups is 1. The highest BCUT2D eigenvalue weighted by Gasteiger charge is 2.44. The van der Waals surface area contributed by atoms with Crippen LogP contribution < -0.4 is 18.9 Å². The number of furan rings is 1. The van der Waals surface area contributed by atoms with Gasteiger partial charge in [-0.15, -0.1) is 0 Å². The van der Waals surface area contributed by atoms with E-state index < -0.39 is 12.0 Å². The summed E-state index contributed by atoms with van der Waals surface area (Å²) in [4.78, 5) is 13.5. The highest BCUT2D eigenvalue weighted by molar-refractivity contribution is 6.09. The van der Waals surface area contributed by atoms with Gasteiger partial charge in [0.05, 0.1) is 31.1 Å². The van der Waals surface area contributed by atoms with Crippen LogP contribution in [0.2, 0.25) is 0 Å². The molecule has 0 saturated carbocycles. The summed E-state index contributed by atoms with van der Waals surface area (Å²) in [6.45, 7) is 4.42. The zero-order valence-corrected chi connectivity index (χ0v) is 16.8. The molecule has 150 valence electrons. The van der Waals surface area contributed by atoms with Crippen LogP contribution in [0.25, 0.3) is 11.0 Å². The third kappa shape index (κ3) is 2.58. The number of ketones is 1. The highest BCUT2D eigenvalue weighted by Crippen LogP contribution is 2.48. The van der Waals surface area contributed by atoms with Gasteiger partial charge in [-0.2, -0.15) is 0 Å². The van der Waals surface area contributed by atoms with E-state index in [1.165, 1.54) is 0 Å². The van der Waals surface area contributed by atoms with E-state index in [9.17, 15) is 4.79 Å². The molecule has 0 spiro atoms. The maximum atomic E-state index is 13.5. The van der Waals surface area contributed by atoms with Crippen LogP contribution in [0.15, 0.2) is 34.7 Å². The van der Waals surface area contributed by atoms with Gasteiger partial charge in [0, 0.05) is 17.5 Å². The second kappa shape index (κ2) is 6.44. The first-order valence-electron chi connectivity index (χ1n) is 9.67. The Morgan fingerprint density at radius 1 is 1.07 bits per heavy atom. The van der Waals surface area contributed by atoms with Gasteiger partial charge >= 0.3 is 0 Å². The average Bonchev–Trinajstić information content (AvgIpc) is 3.17. The first-order valence-corrected chi connectivity index (χ1v) is 9.67. The topological polar surface area (TPSA) is 67.1 Å². The van der Waals surface area contributed by atoms with Crippen LogP contribution >= 0.6 is 0 Å². The van der Waals surface area contributed by atoms with Crippen molar-refractivity contribution >= 4 is 16.8 Å². The number of hydrogen-bond acceptors (Lipinski definition) is 6. The minimum atomic E-state index is -0.458. The molecule has 0 aliphatic carbocycles. The van der Waals surface area contributed by atoms with Crippen LogP contribution in [0.1, 0.15) is 47.4 Å². The summed E-state index contributed by atoms with van der Waals surface area (Å²) in [5.41, 5.74) is 2.05. The summed E-state index contributed by atoms with van der Waals surface area (Å²) in [6.07, 6.45) is -0.413. The lowest BCUT2D eigenvalue weighted by Gasteiger charge is -2.37. The fraction of sp³-hybridized carbons (Fsp3) is 0.348. The molecular weight excluding hydrogens is 372 g/mol. The molecule has 2 aliphatic heterocycles. The minimum absolute atomic E-state index is 0.0159. The molecule has 6 nitrogen and oxygen atoms in total. The van der Waals surface area contributed by atoms with Crippen molar-refractivity contribution in [3.05, 3.63) is 47.2 Å². The van der Waals surface area contributed by atoms with E-state index in [-0.39, 0.29) is 18.3 Å². The molecule has 3 heterocycles. The Kier molecular flexibility index (Phi) is 3.98. The predicted octanol–water partition coefficient (Wildman–Crippen LogP) is 4.69. The molecule has 0 saturated heterocycles. The Morgan fingerprint density at radius 2 is 1.83 bits per heavy atom. The van der Waals surface area contributed by atoms with E-state index >= 15 is 0 Å². The number of methoxy groups -OCH3 is 2. The van der Waals surface area contributed by atoms with Crippen LogP contribution in [-0.4, -0.2) is 32.7 Å². The summed E-state index contributed by atoms with van der Waals surface area (Å²) in [5.74, 6) is 3.00. The third-order valence-electron chi connectivity index (χ3n) is 5.68. The molecule has 29 heavy (non-hydrogen) atoms. The summed E-state index contributed by atoms with van der Waals surface area (Å²) in [7, 11) is 3.14. The second-order valence-corrected chi connectivity index (χ2v) is 7.71. The van der Waals surface area contributed by atoms with Crippen molar-refractivity contribution in [1.82, 2.24) is 0 Å². The van der Waals surface area contributed by atoms with Crippen LogP contribution in [0.5, 0.6) is 23.0 Å². The van der Waals surface area contributed by atoms with Gasteiger partial charge in [-0.25, -0.2) is 0 Å². The number of benzene rings is 2. The number of fused-ring (bicyclic) bond motifs is 6. The van der Waals surface area contributed by atoms with Gasteiger partial charge in [-0.3, -0.25) is 4.79 Å². The first-order chi connectivity index (χ1) is 14.0. The van der Waals surface area contributed by atoms with Crippen molar-refractivity contribution in [3.8, 4) is 23.0 Å². The number of rotatable bonds is 3. The molecule has 3 aromatic rings. The Labute approximate surface area is 168 Å². The SMILES string of the molecule is COc1cc2c(cc1OC)[C@@H]1C(=O)c3ccc4oc(C(C)C)cc4c3O[C@H]1CO2. The average molecular weight is 394 g/mol. The maximum Gasteiger partial charge on any atom is 0.178 e. The van der Waals surface area contributed by atoms with E-state index in [2.05, 4.69) is 13.8 Å².